The number of rotatable bonds is 0. The van der Waals surface area contributed by atoms with Crippen LogP contribution < -0.4 is 0 Å². The number of nitrogens with zero attached hydrogens (tertiary/aromatic N) is 9. The molecule has 0 bridgehead atoms. The summed E-state index contributed by atoms with van der Waals surface area (Å²) in [6.07, 6.45) is 4.46. The zero-order chi connectivity index (χ0) is 17.5. The maximum absolute atomic E-state index is 4.65. The van der Waals surface area contributed by atoms with Gasteiger partial charge in [-0.05, 0) is 0 Å². The minimum atomic E-state index is 0.448. The standard InChI is InChI=1S/C15H6N12/c1-16-10-11(17-1)23-5-4(22-10)6-8(26-14-12(24-6)18-2-20-14)9-7(5)25-13-15(27-9)21-3-19-13/h1-3,22-23H,(H,16,17). The summed E-state index contributed by atoms with van der Waals surface area (Å²) in [5.41, 5.74) is 6.92. The normalized spacial score (nSPS) is 12.4. The fraction of sp³-hybridized carbons (Fsp3) is 0. The van der Waals surface area contributed by atoms with Crippen LogP contribution >= 0.6 is 0 Å². The molecular formula is C15H6N12. The number of imidazole rings is 3. The largest absolute Gasteiger partial charge is 0.335 e. The summed E-state index contributed by atoms with van der Waals surface area (Å²) >= 11 is 0. The first-order chi connectivity index (χ1) is 13.3. The molecule has 0 atom stereocenters. The highest BCUT2D eigenvalue weighted by molar-refractivity contribution is 6.20. The number of hydrogen-bond acceptors (Lipinski definition) is 9. The fourth-order valence-electron chi connectivity index (χ4n) is 3.35. The van der Waals surface area contributed by atoms with E-state index in [1.807, 2.05) is 0 Å². The van der Waals surface area contributed by atoms with Crippen LogP contribution in [0.15, 0.2) is 19.0 Å². The Labute approximate surface area is 146 Å². The topological polar surface area (TPSA) is 163 Å². The molecule has 0 aliphatic rings. The molecule has 7 aromatic rings. The van der Waals surface area contributed by atoms with Gasteiger partial charge in [-0.15, -0.1) is 0 Å². The van der Waals surface area contributed by atoms with Gasteiger partial charge in [0.2, 0.25) is 0 Å². The maximum atomic E-state index is 4.65. The molecule has 0 aliphatic heterocycles. The molecule has 0 radical (unpaired) electrons. The quantitative estimate of drug-likeness (QED) is 0.339. The molecule has 27 heavy (non-hydrogen) atoms. The first-order valence-corrected chi connectivity index (χ1v) is 7.99. The first-order valence-electron chi connectivity index (χ1n) is 7.99. The average Bonchev–Trinajstić information content (AvgIpc) is 3.43. The third kappa shape index (κ3) is 1.54. The number of aromatic amines is 3. The van der Waals surface area contributed by atoms with Gasteiger partial charge < -0.3 is 15.0 Å². The first kappa shape index (κ1) is 12.9. The molecular weight excluding hydrogens is 348 g/mol. The molecule has 0 aliphatic carbocycles. The molecule has 3 N–H and O–H groups in total. The van der Waals surface area contributed by atoms with Crippen LogP contribution in [0.25, 0.3) is 67.0 Å². The summed E-state index contributed by atoms with van der Waals surface area (Å²) in [5, 5.41) is 0. The lowest BCUT2D eigenvalue weighted by molar-refractivity contribution is 1.29. The Kier molecular flexibility index (Phi) is 2.03. The van der Waals surface area contributed by atoms with Gasteiger partial charge in [0.05, 0.1) is 17.4 Å². The summed E-state index contributed by atoms with van der Waals surface area (Å²) in [5.74, 6) is 0. The lowest BCUT2D eigenvalue weighted by Crippen LogP contribution is -1.98. The second-order valence-corrected chi connectivity index (χ2v) is 6.01. The Balaban J connectivity index is 1.87. The average molecular weight is 354 g/mol. The predicted molar refractivity (Wildman–Crippen MR) is 94.7 cm³/mol. The van der Waals surface area contributed by atoms with Crippen molar-refractivity contribution in [1.29, 1.82) is 0 Å². The van der Waals surface area contributed by atoms with E-state index in [1.54, 1.807) is 6.33 Å². The lowest BCUT2D eigenvalue weighted by atomic mass is 10.2. The maximum Gasteiger partial charge on any atom is 0.200 e. The summed E-state index contributed by atoms with van der Waals surface area (Å²) < 4.78 is 0. The van der Waals surface area contributed by atoms with Gasteiger partial charge in [-0.1, -0.05) is 0 Å². The summed E-state index contributed by atoms with van der Waals surface area (Å²) in [6.45, 7) is 0. The second-order valence-electron chi connectivity index (χ2n) is 6.01. The monoisotopic (exact) mass is 354 g/mol. The molecule has 0 spiro atoms. The number of fused-ring (bicyclic) bond motifs is 9. The van der Waals surface area contributed by atoms with Crippen molar-refractivity contribution in [3.63, 3.8) is 0 Å². The van der Waals surface area contributed by atoms with Gasteiger partial charge >= 0.3 is 0 Å². The highest BCUT2D eigenvalue weighted by Gasteiger charge is 2.19. The van der Waals surface area contributed by atoms with Crippen LogP contribution in [0.1, 0.15) is 0 Å². The van der Waals surface area contributed by atoms with Crippen molar-refractivity contribution in [3.05, 3.63) is 19.0 Å². The summed E-state index contributed by atoms with van der Waals surface area (Å²) in [7, 11) is 0. The van der Waals surface area contributed by atoms with E-state index in [0.717, 1.165) is 5.65 Å². The van der Waals surface area contributed by atoms with Gasteiger partial charge in [-0.3, -0.25) is 0 Å². The van der Waals surface area contributed by atoms with E-state index in [4.69, 9.17) is 0 Å². The second kappa shape index (κ2) is 4.24. The van der Waals surface area contributed by atoms with Crippen molar-refractivity contribution in [3.8, 4) is 0 Å². The minimum absolute atomic E-state index is 0.448. The summed E-state index contributed by atoms with van der Waals surface area (Å²) in [6, 6.07) is 0. The third-order valence-corrected chi connectivity index (χ3v) is 4.52. The minimum Gasteiger partial charge on any atom is -0.335 e. The van der Waals surface area contributed by atoms with Crippen molar-refractivity contribution in [2.75, 3.05) is 0 Å². The Bertz CT molecular complexity index is 1340. The molecule has 1 aromatic carbocycles. The van der Waals surface area contributed by atoms with Gasteiger partial charge in [0.1, 0.15) is 34.7 Å². The summed E-state index contributed by atoms with van der Waals surface area (Å²) in [4.78, 5) is 49.1. The number of hydrogen-bond donors (Lipinski definition) is 3. The molecule has 0 amide bonds. The molecule has 0 fully saturated rings. The van der Waals surface area contributed by atoms with Gasteiger partial charge in [-0.2, -0.15) is 0 Å². The van der Waals surface area contributed by atoms with Gasteiger partial charge in [0, 0.05) is 0 Å². The van der Waals surface area contributed by atoms with Crippen LogP contribution in [0.5, 0.6) is 0 Å². The van der Waals surface area contributed by atoms with Crippen molar-refractivity contribution in [1.82, 2.24) is 59.8 Å². The predicted octanol–water partition coefficient (Wildman–Crippen LogP) is 1.15. The zero-order valence-corrected chi connectivity index (χ0v) is 13.3. The van der Waals surface area contributed by atoms with Gasteiger partial charge in [-0.25, -0.2) is 44.9 Å². The molecule has 0 saturated heterocycles. The van der Waals surface area contributed by atoms with Crippen molar-refractivity contribution in [2.24, 2.45) is 0 Å². The van der Waals surface area contributed by atoms with Crippen molar-refractivity contribution >= 4 is 67.0 Å². The molecule has 12 heteroatoms. The van der Waals surface area contributed by atoms with Crippen LogP contribution in [0.3, 0.4) is 0 Å². The SMILES string of the molecule is c1nc2nc3c4nc5ncnc5nc4c4[nH]c5[nH]cnc5[nH]c4c3nc2n1. The molecule has 0 saturated carbocycles. The van der Waals surface area contributed by atoms with E-state index < -0.39 is 0 Å². The number of aromatic nitrogens is 12. The van der Waals surface area contributed by atoms with Crippen LogP contribution in [-0.2, 0) is 0 Å². The van der Waals surface area contributed by atoms with Crippen LogP contribution in [-0.4, -0.2) is 59.8 Å². The fourth-order valence-corrected chi connectivity index (χ4v) is 3.35. The molecule has 0 unspecified atom stereocenters. The molecule has 6 aromatic heterocycles. The molecule has 12 nitrogen and oxygen atoms in total. The van der Waals surface area contributed by atoms with Crippen LogP contribution in [0, 0.1) is 0 Å². The van der Waals surface area contributed by atoms with Gasteiger partial charge in [0.25, 0.3) is 0 Å². The van der Waals surface area contributed by atoms with E-state index in [-0.39, 0.29) is 0 Å². The van der Waals surface area contributed by atoms with Crippen LogP contribution in [0.4, 0.5) is 0 Å². The van der Waals surface area contributed by atoms with E-state index in [0.29, 0.717) is 61.3 Å². The number of nitrogens with one attached hydrogen (secondary N) is 3. The highest BCUT2D eigenvalue weighted by atomic mass is 15.1. The van der Waals surface area contributed by atoms with Crippen molar-refractivity contribution in [2.45, 2.75) is 0 Å². The van der Waals surface area contributed by atoms with E-state index in [1.165, 1.54) is 12.7 Å². The Hall–Kier alpha value is -4.35. The number of H-pyrrole nitrogens is 3. The molecule has 7 rings (SSSR count). The van der Waals surface area contributed by atoms with Gasteiger partial charge in [0.15, 0.2) is 33.9 Å². The molecule has 6 heterocycles. The Morgan fingerprint density at radius 2 is 1.07 bits per heavy atom. The zero-order valence-electron chi connectivity index (χ0n) is 13.3. The Morgan fingerprint density at radius 3 is 1.67 bits per heavy atom. The van der Waals surface area contributed by atoms with Crippen molar-refractivity contribution < 1.29 is 0 Å². The van der Waals surface area contributed by atoms with E-state index >= 15 is 0 Å². The lowest BCUT2D eigenvalue weighted by Gasteiger charge is -2.08. The molecule has 126 valence electrons. The number of benzene rings is 1. The van der Waals surface area contributed by atoms with E-state index in [2.05, 4.69) is 59.8 Å². The van der Waals surface area contributed by atoms with Crippen LogP contribution in [0.2, 0.25) is 0 Å². The smallest absolute Gasteiger partial charge is 0.200 e. The Morgan fingerprint density at radius 1 is 0.556 bits per heavy atom. The third-order valence-electron chi connectivity index (χ3n) is 4.52. The highest BCUT2D eigenvalue weighted by Crippen LogP contribution is 2.31. The van der Waals surface area contributed by atoms with E-state index in [9.17, 15) is 0 Å².